The number of anilines is 1. The maximum absolute atomic E-state index is 12.9. The van der Waals surface area contributed by atoms with Crippen molar-refractivity contribution in [3.05, 3.63) is 47.6 Å². The Bertz CT molecular complexity index is 640. The molecule has 0 bridgehead atoms. The van der Waals surface area contributed by atoms with Gasteiger partial charge in [0.2, 0.25) is 11.8 Å². The number of thiophene rings is 1. The predicted molar refractivity (Wildman–Crippen MR) is 77.5 cm³/mol. The lowest BCUT2D eigenvalue weighted by Crippen LogP contribution is -2.31. The normalized spacial score (nSPS) is 18.9. The third-order valence-electron chi connectivity index (χ3n) is 2.94. The fourth-order valence-electron chi connectivity index (χ4n) is 2.03. The minimum absolute atomic E-state index is 0.179. The van der Waals surface area contributed by atoms with E-state index in [1.807, 2.05) is 17.5 Å². The van der Waals surface area contributed by atoms with Gasteiger partial charge in [0.25, 0.3) is 0 Å². The van der Waals surface area contributed by atoms with Crippen molar-refractivity contribution in [2.75, 3.05) is 4.90 Å². The first-order chi connectivity index (χ1) is 9.65. The molecule has 2 amide bonds. The Kier molecular flexibility index (Phi) is 3.58. The number of halogens is 1. The number of hydrogen-bond acceptors (Lipinski definition) is 4. The molecule has 3 rings (SSSR count). The fourth-order valence-corrected chi connectivity index (χ4v) is 4.08. The van der Waals surface area contributed by atoms with E-state index in [0.717, 1.165) is 9.11 Å². The molecule has 0 spiro atoms. The zero-order valence-electron chi connectivity index (χ0n) is 10.3. The molecule has 20 heavy (non-hydrogen) atoms. The number of hydrogen-bond donors (Lipinski definition) is 0. The number of amides is 2. The van der Waals surface area contributed by atoms with Crippen LogP contribution in [0.25, 0.3) is 0 Å². The molecule has 0 N–H and O–H groups in total. The Morgan fingerprint density at radius 2 is 1.95 bits per heavy atom. The maximum Gasteiger partial charge on any atom is 0.247 e. The highest BCUT2D eigenvalue weighted by Gasteiger charge is 2.40. The Labute approximate surface area is 123 Å². The van der Waals surface area contributed by atoms with Crippen LogP contribution in [0.5, 0.6) is 0 Å². The van der Waals surface area contributed by atoms with Gasteiger partial charge in [-0.15, -0.1) is 23.1 Å². The summed E-state index contributed by atoms with van der Waals surface area (Å²) in [4.78, 5) is 25.5. The summed E-state index contributed by atoms with van der Waals surface area (Å²) in [6, 6.07) is 9.22. The predicted octanol–water partition coefficient (Wildman–Crippen LogP) is 3.31. The van der Waals surface area contributed by atoms with Crippen LogP contribution in [0.1, 0.15) is 6.42 Å². The third kappa shape index (κ3) is 2.48. The number of rotatable bonds is 3. The second kappa shape index (κ2) is 5.38. The highest BCUT2D eigenvalue weighted by molar-refractivity contribution is 8.02. The van der Waals surface area contributed by atoms with Crippen LogP contribution in [0.4, 0.5) is 10.1 Å². The molecule has 0 saturated carbocycles. The van der Waals surface area contributed by atoms with Crippen LogP contribution in [-0.2, 0) is 9.59 Å². The summed E-state index contributed by atoms with van der Waals surface area (Å²) in [6.07, 6.45) is 0.179. The topological polar surface area (TPSA) is 37.4 Å². The van der Waals surface area contributed by atoms with Crippen LogP contribution >= 0.6 is 23.1 Å². The second-order valence-electron chi connectivity index (χ2n) is 4.29. The van der Waals surface area contributed by atoms with E-state index in [1.165, 1.54) is 36.0 Å². The molecular weight excluding hydrogens is 297 g/mol. The zero-order valence-corrected chi connectivity index (χ0v) is 11.9. The van der Waals surface area contributed by atoms with Gasteiger partial charge in [-0.1, -0.05) is 6.07 Å². The van der Waals surface area contributed by atoms with Gasteiger partial charge in [-0.3, -0.25) is 9.59 Å². The summed E-state index contributed by atoms with van der Waals surface area (Å²) in [7, 11) is 0. The average Bonchev–Trinajstić information content (AvgIpc) is 3.02. The van der Waals surface area contributed by atoms with Crippen molar-refractivity contribution in [1.82, 2.24) is 0 Å². The number of imide groups is 1. The summed E-state index contributed by atoms with van der Waals surface area (Å²) < 4.78 is 13.9. The summed E-state index contributed by atoms with van der Waals surface area (Å²) >= 11 is 2.95. The number of thioether (sulfide) groups is 1. The van der Waals surface area contributed by atoms with Crippen LogP contribution < -0.4 is 4.90 Å². The number of benzene rings is 1. The molecule has 1 saturated heterocycles. The lowest BCUT2D eigenvalue weighted by atomic mass is 10.3. The standard InChI is InChI=1S/C14H10FNO2S2/c15-9-3-5-10(6-4-9)16-12(17)8-11(14(16)18)20-13-2-1-7-19-13/h1-7,11H,8H2/t11-/m1/s1. The monoisotopic (exact) mass is 307 g/mol. The first-order valence-electron chi connectivity index (χ1n) is 5.97. The smallest absolute Gasteiger partial charge is 0.247 e. The minimum Gasteiger partial charge on any atom is -0.274 e. The molecule has 1 aromatic heterocycles. The summed E-state index contributed by atoms with van der Waals surface area (Å²) in [5.41, 5.74) is 0.427. The van der Waals surface area contributed by atoms with Gasteiger partial charge in [-0.2, -0.15) is 0 Å². The van der Waals surface area contributed by atoms with Crippen LogP contribution in [0.2, 0.25) is 0 Å². The molecule has 3 nitrogen and oxygen atoms in total. The quantitative estimate of drug-likeness (QED) is 0.816. The van der Waals surface area contributed by atoms with Crippen molar-refractivity contribution in [3.63, 3.8) is 0 Å². The van der Waals surface area contributed by atoms with Crippen LogP contribution in [0.3, 0.4) is 0 Å². The van der Waals surface area contributed by atoms with E-state index in [2.05, 4.69) is 0 Å². The molecule has 1 fully saturated rings. The molecule has 6 heteroatoms. The van der Waals surface area contributed by atoms with E-state index in [4.69, 9.17) is 0 Å². The van der Waals surface area contributed by atoms with Crippen LogP contribution in [0.15, 0.2) is 46.0 Å². The lowest BCUT2D eigenvalue weighted by molar-refractivity contribution is -0.121. The molecule has 0 radical (unpaired) electrons. The highest BCUT2D eigenvalue weighted by atomic mass is 32.2. The molecule has 1 aliphatic heterocycles. The van der Waals surface area contributed by atoms with Crippen molar-refractivity contribution in [1.29, 1.82) is 0 Å². The third-order valence-corrected chi connectivity index (χ3v) is 5.20. The van der Waals surface area contributed by atoms with Crippen molar-refractivity contribution >= 4 is 40.6 Å². The number of carbonyl (C=O) groups excluding carboxylic acids is 2. The molecule has 102 valence electrons. The van der Waals surface area contributed by atoms with Gasteiger partial charge in [0.05, 0.1) is 15.1 Å². The van der Waals surface area contributed by atoms with Gasteiger partial charge in [0.15, 0.2) is 0 Å². The van der Waals surface area contributed by atoms with E-state index in [-0.39, 0.29) is 18.2 Å². The van der Waals surface area contributed by atoms with Gasteiger partial charge < -0.3 is 0 Å². The van der Waals surface area contributed by atoms with Crippen molar-refractivity contribution in [2.45, 2.75) is 15.9 Å². The molecule has 0 aliphatic carbocycles. The van der Waals surface area contributed by atoms with E-state index in [0.29, 0.717) is 5.69 Å². The molecular formula is C14H10FNO2S2. The van der Waals surface area contributed by atoms with Crippen LogP contribution in [-0.4, -0.2) is 17.1 Å². The average molecular weight is 307 g/mol. The Morgan fingerprint density at radius 3 is 2.60 bits per heavy atom. The number of nitrogens with zero attached hydrogens (tertiary/aromatic N) is 1. The maximum atomic E-state index is 12.9. The first-order valence-corrected chi connectivity index (χ1v) is 7.73. The van der Waals surface area contributed by atoms with Crippen LogP contribution in [0, 0.1) is 5.82 Å². The van der Waals surface area contributed by atoms with Gasteiger partial charge in [-0.25, -0.2) is 9.29 Å². The fraction of sp³-hybridized carbons (Fsp3) is 0.143. The van der Waals surface area contributed by atoms with Gasteiger partial charge in [0.1, 0.15) is 5.82 Å². The second-order valence-corrected chi connectivity index (χ2v) is 6.74. The van der Waals surface area contributed by atoms with E-state index >= 15 is 0 Å². The van der Waals surface area contributed by atoms with Gasteiger partial charge in [0, 0.05) is 6.42 Å². The summed E-state index contributed by atoms with van der Waals surface area (Å²) in [5.74, 6) is -0.868. The van der Waals surface area contributed by atoms with Crippen molar-refractivity contribution < 1.29 is 14.0 Å². The Balaban J connectivity index is 1.81. The van der Waals surface area contributed by atoms with E-state index in [1.54, 1.807) is 11.3 Å². The largest absolute Gasteiger partial charge is 0.274 e. The first kappa shape index (κ1) is 13.3. The van der Waals surface area contributed by atoms with Crippen molar-refractivity contribution in [2.24, 2.45) is 0 Å². The molecule has 1 aromatic carbocycles. The highest BCUT2D eigenvalue weighted by Crippen LogP contribution is 2.35. The minimum atomic E-state index is -0.397. The van der Waals surface area contributed by atoms with E-state index < -0.39 is 11.1 Å². The van der Waals surface area contributed by atoms with Gasteiger partial charge >= 0.3 is 0 Å². The molecule has 1 aliphatic rings. The molecule has 1 atom stereocenters. The number of carbonyl (C=O) groups is 2. The zero-order chi connectivity index (χ0) is 14.1. The van der Waals surface area contributed by atoms with Crippen molar-refractivity contribution in [3.8, 4) is 0 Å². The summed E-state index contributed by atoms with van der Waals surface area (Å²) in [5, 5.41) is 1.53. The molecule has 2 heterocycles. The SMILES string of the molecule is O=C1C[C@@H](Sc2cccs2)C(=O)N1c1ccc(F)cc1. The lowest BCUT2D eigenvalue weighted by Gasteiger charge is -2.14. The molecule has 2 aromatic rings. The summed E-state index contributed by atoms with van der Waals surface area (Å²) in [6.45, 7) is 0. The van der Waals surface area contributed by atoms with Gasteiger partial charge in [-0.05, 0) is 35.7 Å². The van der Waals surface area contributed by atoms with E-state index in [9.17, 15) is 14.0 Å². The molecule has 0 unspecified atom stereocenters. The Morgan fingerprint density at radius 1 is 1.20 bits per heavy atom. The Hall–Kier alpha value is -1.66.